The van der Waals surface area contributed by atoms with Gasteiger partial charge in [-0.3, -0.25) is 9.88 Å². The third-order valence-electron chi connectivity index (χ3n) is 4.61. The van der Waals surface area contributed by atoms with E-state index in [9.17, 15) is 0 Å². The Hall–Kier alpha value is -2.87. The minimum Gasteiger partial charge on any atom is -0.338 e. The van der Waals surface area contributed by atoms with Crippen molar-refractivity contribution >= 4 is 5.95 Å². The van der Waals surface area contributed by atoms with Crippen LogP contribution in [0.25, 0.3) is 11.3 Å². The standard InChI is InChI=1S/C19H23N7O/c1-14(2)18-23-17(27-24-18)13-25-8-10-26(11-9-25)19-21-7-5-16(22-19)15-4-3-6-20-12-15/h3-7,12,14H,8-11,13H2,1-2H3. The molecule has 0 radical (unpaired) electrons. The average molecular weight is 365 g/mol. The van der Waals surface area contributed by atoms with Crippen LogP contribution in [0, 0.1) is 0 Å². The molecule has 8 nitrogen and oxygen atoms in total. The Morgan fingerprint density at radius 2 is 1.93 bits per heavy atom. The fraction of sp³-hybridized carbons (Fsp3) is 0.421. The van der Waals surface area contributed by atoms with Crippen LogP contribution in [0.2, 0.25) is 0 Å². The first kappa shape index (κ1) is 17.5. The van der Waals surface area contributed by atoms with Gasteiger partial charge in [-0.1, -0.05) is 19.0 Å². The molecule has 140 valence electrons. The highest BCUT2D eigenvalue weighted by Gasteiger charge is 2.21. The molecule has 0 unspecified atom stereocenters. The molecule has 1 fully saturated rings. The van der Waals surface area contributed by atoms with Crippen LogP contribution in [0.15, 0.2) is 41.3 Å². The first-order valence-electron chi connectivity index (χ1n) is 9.22. The van der Waals surface area contributed by atoms with Crippen molar-refractivity contribution < 1.29 is 4.52 Å². The van der Waals surface area contributed by atoms with Gasteiger partial charge in [-0.15, -0.1) is 0 Å². The van der Waals surface area contributed by atoms with Crippen LogP contribution in [0.3, 0.4) is 0 Å². The Labute approximate surface area is 158 Å². The molecule has 4 heterocycles. The molecule has 0 spiro atoms. The van der Waals surface area contributed by atoms with E-state index in [1.807, 2.05) is 30.6 Å². The molecule has 1 aliphatic heterocycles. The Balaban J connectivity index is 1.38. The van der Waals surface area contributed by atoms with E-state index in [4.69, 9.17) is 9.51 Å². The molecule has 3 aromatic rings. The van der Waals surface area contributed by atoms with Crippen molar-refractivity contribution in [2.75, 3.05) is 31.1 Å². The second-order valence-electron chi connectivity index (χ2n) is 6.95. The first-order valence-corrected chi connectivity index (χ1v) is 9.22. The van der Waals surface area contributed by atoms with E-state index in [2.05, 4.69) is 43.8 Å². The number of hydrogen-bond donors (Lipinski definition) is 0. The van der Waals surface area contributed by atoms with Gasteiger partial charge < -0.3 is 9.42 Å². The summed E-state index contributed by atoms with van der Waals surface area (Å²) in [5, 5.41) is 4.03. The van der Waals surface area contributed by atoms with Gasteiger partial charge in [0.15, 0.2) is 5.82 Å². The zero-order valence-electron chi connectivity index (χ0n) is 15.6. The smallest absolute Gasteiger partial charge is 0.240 e. The van der Waals surface area contributed by atoms with E-state index in [1.165, 1.54) is 0 Å². The Morgan fingerprint density at radius 3 is 2.63 bits per heavy atom. The van der Waals surface area contributed by atoms with Crippen molar-refractivity contribution in [2.24, 2.45) is 0 Å². The summed E-state index contributed by atoms with van der Waals surface area (Å²) in [6.07, 6.45) is 5.39. The Kier molecular flexibility index (Phi) is 5.06. The van der Waals surface area contributed by atoms with Crippen LogP contribution in [0.1, 0.15) is 31.5 Å². The molecule has 1 aliphatic rings. The van der Waals surface area contributed by atoms with Gasteiger partial charge in [0, 0.05) is 56.3 Å². The second-order valence-corrected chi connectivity index (χ2v) is 6.95. The number of nitrogens with zero attached hydrogens (tertiary/aromatic N) is 7. The Morgan fingerprint density at radius 1 is 1.07 bits per heavy atom. The lowest BCUT2D eigenvalue weighted by Gasteiger charge is -2.33. The molecule has 0 atom stereocenters. The van der Waals surface area contributed by atoms with E-state index >= 15 is 0 Å². The third kappa shape index (κ3) is 4.11. The second kappa shape index (κ2) is 7.79. The van der Waals surface area contributed by atoms with E-state index in [0.29, 0.717) is 12.4 Å². The highest BCUT2D eigenvalue weighted by molar-refractivity contribution is 5.58. The molecular formula is C19H23N7O. The fourth-order valence-corrected chi connectivity index (χ4v) is 3.04. The van der Waals surface area contributed by atoms with Crippen molar-refractivity contribution in [1.82, 2.24) is 30.0 Å². The molecule has 1 saturated heterocycles. The van der Waals surface area contributed by atoms with Crippen LogP contribution in [0.4, 0.5) is 5.95 Å². The highest BCUT2D eigenvalue weighted by Crippen LogP contribution is 2.19. The van der Waals surface area contributed by atoms with Gasteiger partial charge in [-0.05, 0) is 18.2 Å². The molecule has 0 N–H and O–H groups in total. The van der Waals surface area contributed by atoms with Gasteiger partial charge in [0.05, 0.1) is 12.2 Å². The van der Waals surface area contributed by atoms with Crippen molar-refractivity contribution in [3.8, 4) is 11.3 Å². The van der Waals surface area contributed by atoms with Crippen molar-refractivity contribution in [1.29, 1.82) is 0 Å². The normalized spacial score (nSPS) is 15.4. The van der Waals surface area contributed by atoms with Gasteiger partial charge >= 0.3 is 0 Å². The molecule has 4 rings (SSSR count). The third-order valence-corrected chi connectivity index (χ3v) is 4.61. The van der Waals surface area contributed by atoms with E-state index in [0.717, 1.165) is 49.2 Å². The maximum atomic E-state index is 5.36. The molecule has 8 heteroatoms. The summed E-state index contributed by atoms with van der Waals surface area (Å²) >= 11 is 0. The number of piperazine rings is 1. The summed E-state index contributed by atoms with van der Waals surface area (Å²) in [7, 11) is 0. The fourth-order valence-electron chi connectivity index (χ4n) is 3.04. The van der Waals surface area contributed by atoms with E-state index in [-0.39, 0.29) is 5.92 Å². The maximum absolute atomic E-state index is 5.36. The number of aromatic nitrogens is 5. The molecular weight excluding hydrogens is 342 g/mol. The number of pyridine rings is 1. The topological polar surface area (TPSA) is 84.1 Å². The minimum atomic E-state index is 0.281. The van der Waals surface area contributed by atoms with Gasteiger partial charge in [0.1, 0.15) is 0 Å². The molecule has 0 saturated carbocycles. The summed E-state index contributed by atoms with van der Waals surface area (Å²) in [6.45, 7) is 8.34. The summed E-state index contributed by atoms with van der Waals surface area (Å²) in [4.78, 5) is 22.3. The lowest BCUT2D eigenvalue weighted by molar-refractivity contribution is 0.214. The van der Waals surface area contributed by atoms with Crippen LogP contribution in [-0.2, 0) is 6.54 Å². The monoisotopic (exact) mass is 365 g/mol. The van der Waals surface area contributed by atoms with Crippen molar-refractivity contribution in [3.63, 3.8) is 0 Å². The van der Waals surface area contributed by atoms with Crippen LogP contribution >= 0.6 is 0 Å². The summed E-state index contributed by atoms with van der Waals surface area (Å²) in [5.41, 5.74) is 1.89. The zero-order valence-corrected chi connectivity index (χ0v) is 15.6. The van der Waals surface area contributed by atoms with Gasteiger partial charge in [-0.2, -0.15) is 4.98 Å². The predicted molar refractivity (Wildman–Crippen MR) is 101 cm³/mol. The lowest BCUT2D eigenvalue weighted by Crippen LogP contribution is -2.46. The molecule has 0 bridgehead atoms. The quantitative estimate of drug-likeness (QED) is 0.681. The van der Waals surface area contributed by atoms with Gasteiger partial charge in [-0.25, -0.2) is 9.97 Å². The summed E-state index contributed by atoms with van der Waals surface area (Å²) in [6, 6.07) is 5.84. The van der Waals surface area contributed by atoms with E-state index in [1.54, 1.807) is 6.20 Å². The minimum absolute atomic E-state index is 0.281. The molecule has 0 aromatic carbocycles. The van der Waals surface area contributed by atoms with Crippen molar-refractivity contribution in [3.05, 3.63) is 48.5 Å². The molecule has 27 heavy (non-hydrogen) atoms. The van der Waals surface area contributed by atoms with Crippen molar-refractivity contribution in [2.45, 2.75) is 26.3 Å². The molecule has 0 amide bonds. The zero-order chi connectivity index (χ0) is 18.6. The highest BCUT2D eigenvalue weighted by atomic mass is 16.5. The van der Waals surface area contributed by atoms with Crippen LogP contribution in [0.5, 0.6) is 0 Å². The van der Waals surface area contributed by atoms with Crippen LogP contribution < -0.4 is 4.90 Å². The first-order chi connectivity index (χ1) is 13.2. The summed E-state index contributed by atoms with van der Waals surface area (Å²) in [5.74, 6) is 2.49. The number of anilines is 1. The largest absolute Gasteiger partial charge is 0.338 e. The summed E-state index contributed by atoms with van der Waals surface area (Å²) < 4.78 is 5.36. The lowest BCUT2D eigenvalue weighted by atomic mass is 10.2. The van der Waals surface area contributed by atoms with E-state index < -0.39 is 0 Å². The molecule has 3 aromatic heterocycles. The number of hydrogen-bond acceptors (Lipinski definition) is 8. The van der Waals surface area contributed by atoms with Gasteiger partial charge in [0.2, 0.25) is 11.8 Å². The number of rotatable bonds is 5. The van der Waals surface area contributed by atoms with Gasteiger partial charge in [0.25, 0.3) is 0 Å². The Bertz CT molecular complexity index is 873. The molecule has 0 aliphatic carbocycles. The SMILES string of the molecule is CC(C)c1noc(CN2CCN(c3nccc(-c4cccnc4)n3)CC2)n1. The average Bonchev–Trinajstić information content (AvgIpc) is 3.18. The maximum Gasteiger partial charge on any atom is 0.240 e. The van der Waals surface area contributed by atoms with Crippen LogP contribution in [-0.4, -0.2) is 56.2 Å². The predicted octanol–water partition coefficient (Wildman–Crippen LogP) is 2.37.